The minimum Gasteiger partial charge on any atom is -0.461 e. The van der Waals surface area contributed by atoms with Crippen molar-refractivity contribution in [3.63, 3.8) is 0 Å². The highest BCUT2D eigenvalue weighted by atomic mass is 16.5. The van der Waals surface area contributed by atoms with Gasteiger partial charge in [0.05, 0.1) is 6.61 Å². The van der Waals surface area contributed by atoms with Crippen LogP contribution in [-0.2, 0) is 14.3 Å². The van der Waals surface area contributed by atoms with Gasteiger partial charge in [-0.3, -0.25) is 0 Å². The van der Waals surface area contributed by atoms with E-state index in [1.165, 1.54) is 0 Å². The molecule has 0 aromatic rings. The highest BCUT2D eigenvalue weighted by molar-refractivity contribution is 5.75. The van der Waals surface area contributed by atoms with Crippen LogP contribution in [0.1, 0.15) is 6.92 Å². The zero-order valence-corrected chi connectivity index (χ0v) is 8.03. The average molecular weight is 194 g/mol. The van der Waals surface area contributed by atoms with Gasteiger partial charge in [-0.25, -0.2) is 14.2 Å². The Balaban J connectivity index is 2.54. The third-order valence-electron chi connectivity index (χ3n) is 1.74. The molecule has 1 aliphatic heterocycles. The van der Waals surface area contributed by atoms with E-state index in [0.717, 1.165) is 0 Å². The Kier molecular flexibility index (Phi) is 3.83. The van der Waals surface area contributed by atoms with Crippen molar-refractivity contribution in [2.75, 3.05) is 19.7 Å². The number of carbonyl (C=O) groups is 1. The Morgan fingerprint density at radius 1 is 1.71 bits per heavy atom. The molecule has 0 aromatic heterocycles. The topological polar surface area (TPSA) is 46.4 Å². The van der Waals surface area contributed by atoms with Crippen LogP contribution >= 0.6 is 0 Å². The van der Waals surface area contributed by atoms with Gasteiger partial charge in [-0.1, -0.05) is 0 Å². The number of esters is 1. The molecular weight excluding hydrogens is 182 g/mol. The van der Waals surface area contributed by atoms with Crippen molar-refractivity contribution in [3.05, 3.63) is 17.7 Å². The van der Waals surface area contributed by atoms with Crippen LogP contribution in [-0.4, -0.2) is 42.4 Å². The van der Waals surface area contributed by atoms with Crippen molar-refractivity contribution in [3.8, 4) is 0 Å². The molecule has 0 saturated heterocycles. The SMILES string of the molecule is CCOC(=O)C[N+]1=CC=CC(=C=O)C1. The lowest BCUT2D eigenvalue weighted by Gasteiger charge is -2.04. The molecule has 4 nitrogen and oxygen atoms in total. The van der Waals surface area contributed by atoms with Gasteiger partial charge in [-0.2, -0.15) is 0 Å². The van der Waals surface area contributed by atoms with Gasteiger partial charge in [0.15, 0.2) is 12.8 Å². The third kappa shape index (κ3) is 2.99. The molecule has 0 unspecified atom stereocenters. The second-order valence-electron chi connectivity index (χ2n) is 2.85. The van der Waals surface area contributed by atoms with E-state index in [-0.39, 0.29) is 12.5 Å². The summed E-state index contributed by atoms with van der Waals surface area (Å²) < 4.78 is 6.49. The maximum absolute atomic E-state index is 11.1. The maximum Gasteiger partial charge on any atom is 0.372 e. The largest absolute Gasteiger partial charge is 0.461 e. The first-order valence-corrected chi connectivity index (χ1v) is 4.41. The van der Waals surface area contributed by atoms with Gasteiger partial charge >= 0.3 is 5.97 Å². The Morgan fingerprint density at radius 2 is 2.50 bits per heavy atom. The smallest absolute Gasteiger partial charge is 0.372 e. The van der Waals surface area contributed by atoms with Crippen LogP contribution in [0.5, 0.6) is 0 Å². The fourth-order valence-corrected chi connectivity index (χ4v) is 1.15. The van der Waals surface area contributed by atoms with Gasteiger partial charge < -0.3 is 4.74 Å². The Bertz CT molecular complexity index is 335. The Morgan fingerprint density at radius 3 is 3.14 bits per heavy atom. The average Bonchev–Trinajstić information content (AvgIpc) is 2.18. The quantitative estimate of drug-likeness (QED) is 0.360. The first kappa shape index (κ1) is 10.4. The molecule has 4 heteroatoms. The summed E-state index contributed by atoms with van der Waals surface area (Å²) in [7, 11) is 0. The lowest BCUT2D eigenvalue weighted by molar-refractivity contribution is -0.505. The predicted molar refractivity (Wildman–Crippen MR) is 51.0 cm³/mol. The van der Waals surface area contributed by atoms with Gasteiger partial charge in [-0.05, 0) is 13.0 Å². The minimum atomic E-state index is -0.288. The summed E-state index contributed by atoms with van der Waals surface area (Å²) in [6.45, 7) is 2.72. The zero-order valence-electron chi connectivity index (χ0n) is 8.03. The first-order chi connectivity index (χ1) is 6.76. The van der Waals surface area contributed by atoms with Gasteiger partial charge in [0.2, 0.25) is 6.54 Å². The molecule has 0 atom stereocenters. The molecule has 0 N–H and O–H groups in total. The summed E-state index contributed by atoms with van der Waals surface area (Å²) in [4.78, 5) is 21.4. The molecule has 1 rings (SSSR count). The van der Waals surface area contributed by atoms with E-state index in [1.54, 1.807) is 35.8 Å². The molecule has 0 radical (unpaired) electrons. The summed E-state index contributed by atoms with van der Waals surface area (Å²) in [5.74, 6) is 1.52. The molecule has 0 bridgehead atoms. The normalized spacial score (nSPS) is 14.6. The van der Waals surface area contributed by atoms with Crippen LogP contribution in [0.4, 0.5) is 0 Å². The van der Waals surface area contributed by atoms with E-state index in [0.29, 0.717) is 18.7 Å². The van der Waals surface area contributed by atoms with Crippen molar-refractivity contribution < 1.29 is 18.9 Å². The second kappa shape index (κ2) is 5.14. The van der Waals surface area contributed by atoms with E-state index in [4.69, 9.17) is 4.74 Å². The highest BCUT2D eigenvalue weighted by Gasteiger charge is 2.15. The summed E-state index contributed by atoms with van der Waals surface area (Å²) in [6, 6.07) is 0. The van der Waals surface area contributed by atoms with Crippen molar-refractivity contribution in [2.45, 2.75) is 6.92 Å². The molecular formula is C10H12NO3+. The van der Waals surface area contributed by atoms with Crippen LogP contribution in [0, 0.1) is 0 Å². The number of carbonyl (C=O) groups excluding carboxylic acids is 2. The molecule has 0 spiro atoms. The van der Waals surface area contributed by atoms with Crippen LogP contribution in [0.3, 0.4) is 0 Å². The van der Waals surface area contributed by atoms with E-state index in [9.17, 15) is 9.59 Å². The molecule has 0 fully saturated rings. The summed E-state index contributed by atoms with van der Waals surface area (Å²) in [6.07, 6.45) is 5.13. The number of rotatable bonds is 3. The summed E-state index contributed by atoms with van der Waals surface area (Å²) in [5.41, 5.74) is 0.539. The summed E-state index contributed by atoms with van der Waals surface area (Å²) in [5, 5.41) is 0. The molecule has 0 saturated carbocycles. The number of allylic oxidation sites excluding steroid dienone is 1. The first-order valence-electron chi connectivity index (χ1n) is 4.41. The third-order valence-corrected chi connectivity index (χ3v) is 1.74. The van der Waals surface area contributed by atoms with E-state index >= 15 is 0 Å². The summed E-state index contributed by atoms with van der Waals surface area (Å²) >= 11 is 0. The van der Waals surface area contributed by atoms with Crippen molar-refractivity contribution in [1.29, 1.82) is 0 Å². The lowest BCUT2D eigenvalue weighted by atomic mass is 10.2. The van der Waals surface area contributed by atoms with Crippen LogP contribution in [0.15, 0.2) is 17.7 Å². The van der Waals surface area contributed by atoms with Gasteiger partial charge in [0.1, 0.15) is 11.5 Å². The molecule has 0 aromatic carbocycles. The number of hydrogen-bond acceptors (Lipinski definition) is 3. The molecule has 1 heterocycles. The van der Waals surface area contributed by atoms with E-state index in [1.807, 2.05) is 0 Å². The van der Waals surface area contributed by atoms with Crippen LogP contribution < -0.4 is 0 Å². The van der Waals surface area contributed by atoms with Gasteiger partial charge in [0.25, 0.3) is 0 Å². The molecule has 0 amide bonds. The maximum atomic E-state index is 11.1. The standard InChI is InChI=1S/C10H12NO3/c1-2-14-10(13)7-11-5-3-4-9(6-11)8-12/h3-5H,2,6-7H2,1H3/q+1. The lowest BCUT2D eigenvalue weighted by Crippen LogP contribution is -2.26. The van der Waals surface area contributed by atoms with E-state index in [2.05, 4.69) is 0 Å². The fourth-order valence-electron chi connectivity index (χ4n) is 1.15. The highest BCUT2D eigenvalue weighted by Crippen LogP contribution is 1.97. The minimum absolute atomic E-state index is 0.170. The van der Waals surface area contributed by atoms with Crippen LogP contribution in [0.25, 0.3) is 0 Å². The molecule has 74 valence electrons. The number of nitrogens with zero attached hydrogens (tertiary/aromatic N) is 1. The molecule has 14 heavy (non-hydrogen) atoms. The number of ether oxygens (including phenoxy) is 1. The van der Waals surface area contributed by atoms with E-state index < -0.39 is 0 Å². The zero-order chi connectivity index (χ0) is 10.4. The second-order valence-corrected chi connectivity index (χ2v) is 2.85. The molecule has 0 aliphatic carbocycles. The Labute approximate surface area is 82.2 Å². The van der Waals surface area contributed by atoms with Gasteiger partial charge in [-0.15, -0.1) is 0 Å². The van der Waals surface area contributed by atoms with Crippen LogP contribution in [0.2, 0.25) is 0 Å². The van der Waals surface area contributed by atoms with Gasteiger partial charge in [0, 0.05) is 6.08 Å². The Hall–Kier alpha value is -1.67. The molecule has 1 aliphatic rings. The monoisotopic (exact) mass is 194 g/mol. The van der Waals surface area contributed by atoms with Crippen molar-refractivity contribution in [2.24, 2.45) is 0 Å². The predicted octanol–water partition coefficient (Wildman–Crippen LogP) is -0.0394. The number of hydrogen-bond donors (Lipinski definition) is 0. The van der Waals surface area contributed by atoms with Crippen molar-refractivity contribution >= 4 is 18.1 Å². The van der Waals surface area contributed by atoms with Crippen molar-refractivity contribution in [1.82, 2.24) is 0 Å². The fraction of sp³-hybridized carbons (Fsp3) is 0.400.